The number of allylic oxidation sites excluding steroid dienone is 1. The van der Waals surface area contributed by atoms with Crippen molar-refractivity contribution in [1.29, 1.82) is 0 Å². The van der Waals surface area contributed by atoms with E-state index in [0.717, 1.165) is 54.8 Å². The highest BCUT2D eigenvalue weighted by Gasteiger charge is 2.59. The first-order chi connectivity index (χ1) is 29.4. The Morgan fingerprint density at radius 2 is 1.34 bits per heavy atom. The SMILES string of the molecule is CC.CC(C)CC(C)C1CCC2C3CC=C4CC(OC(=O)COC(=O)C(C)C)CCC4(C)C3CCC12C.COc1ccc(OC(=O)c2ccc(OCOC(=O)C(C)C)cc2)cc1. The molecule has 0 radical (unpaired) electrons. The van der Waals surface area contributed by atoms with Gasteiger partial charge in [0.25, 0.3) is 0 Å². The van der Waals surface area contributed by atoms with Gasteiger partial charge in [0.1, 0.15) is 23.4 Å². The van der Waals surface area contributed by atoms with Gasteiger partial charge in [-0.2, -0.15) is 0 Å². The number of fused-ring (bicyclic) bond motifs is 5. The monoisotopic (exact) mass is 861 g/mol. The topological polar surface area (TPSA) is 124 Å². The minimum Gasteiger partial charge on any atom is -0.497 e. The van der Waals surface area contributed by atoms with E-state index in [0.29, 0.717) is 28.2 Å². The molecule has 3 saturated carbocycles. The molecule has 0 bridgehead atoms. The van der Waals surface area contributed by atoms with Crippen LogP contribution in [0.5, 0.6) is 17.2 Å². The van der Waals surface area contributed by atoms with Crippen molar-refractivity contribution >= 4 is 23.9 Å². The normalized spacial score (nSPS) is 26.4. The van der Waals surface area contributed by atoms with E-state index in [2.05, 4.69) is 40.7 Å². The van der Waals surface area contributed by atoms with Crippen LogP contribution in [0.2, 0.25) is 0 Å². The Balaban J connectivity index is 0.000000276. The molecule has 0 aromatic heterocycles. The summed E-state index contributed by atoms with van der Waals surface area (Å²) in [7, 11) is 1.56. The van der Waals surface area contributed by atoms with Crippen molar-refractivity contribution in [2.75, 3.05) is 20.5 Å². The van der Waals surface area contributed by atoms with Crippen LogP contribution in [0.25, 0.3) is 0 Å². The molecule has 0 aliphatic heterocycles. The number of hydrogen-bond acceptors (Lipinski definition) is 10. The molecule has 8 unspecified atom stereocenters. The number of rotatable bonds is 14. The highest BCUT2D eigenvalue weighted by molar-refractivity contribution is 5.91. The Morgan fingerprint density at radius 3 is 1.95 bits per heavy atom. The van der Waals surface area contributed by atoms with Gasteiger partial charge >= 0.3 is 23.9 Å². The van der Waals surface area contributed by atoms with Crippen LogP contribution in [0, 0.1) is 58.2 Å². The maximum Gasteiger partial charge on any atom is 0.344 e. The standard InChI is InChI=1S/C31H50O4.C19H20O6.C2H6/c1-19(2)16-21(5)25-10-11-26-24-9-8-22-17-23(35-28(32)18-34-29(33)20(3)4)12-14-30(22,6)27(24)13-15-31(25,26)7;1-13(2)18(20)24-12-23-16-6-4-14(5-7-16)19(21)25-17-10-8-15(22-3)9-11-17;1-2/h8,19-21,23-27H,9-18H2,1-7H3;4-11,13H,12H2,1-3H3;1-2H3. The van der Waals surface area contributed by atoms with Gasteiger partial charge in [-0.25, -0.2) is 9.59 Å². The van der Waals surface area contributed by atoms with Gasteiger partial charge in [-0.05, 0) is 146 Å². The molecule has 10 nitrogen and oxygen atoms in total. The fourth-order valence-electron chi connectivity index (χ4n) is 10.9. The molecule has 344 valence electrons. The third-order valence-corrected chi connectivity index (χ3v) is 14.0. The molecule has 4 aliphatic carbocycles. The summed E-state index contributed by atoms with van der Waals surface area (Å²) in [4.78, 5) is 47.4. The van der Waals surface area contributed by atoms with Crippen molar-refractivity contribution in [3.8, 4) is 17.2 Å². The van der Waals surface area contributed by atoms with E-state index in [-0.39, 0.29) is 48.7 Å². The van der Waals surface area contributed by atoms with Gasteiger partial charge in [-0.15, -0.1) is 0 Å². The van der Waals surface area contributed by atoms with Crippen molar-refractivity contribution < 1.29 is 47.6 Å². The summed E-state index contributed by atoms with van der Waals surface area (Å²) in [6, 6.07) is 13.1. The first-order valence-corrected chi connectivity index (χ1v) is 23.3. The molecule has 8 atom stereocenters. The van der Waals surface area contributed by atoms with E-state index in [1.807, 2.05) is 13.8 Å². The van der Waals surface area contributed by atoms with Crippen molar-refractivity contribution in [1.82, 2.24) is 0 Å². The molecule has 10 heteroatoms. The molecule has 2 aromatic rings. The number of carbonyl (C=O) groups excluding carboxylic acids is 4. The van der Waals surface area contributed by atoms with Crippen LogP contribution in [0.3, 0.4) is 0 Å². The van der Waals surface area contributed by atoms with E-state index in [9.17, 15) is 19.2 Å². The molecule has 4 aliphatic rings. The lowest BCUT2D eigenvalue weighted by Gasteiger charge is -2.58. The van der Waals surface area contributed by atoms with Gasteiger partial charge in [0.2, 0.25) is 6.79 Å². The molecule has 62 heavy (non-hydrogen) atoms. The second kappa shape index (κ2) is 22.8. The molecule has 0 saturated heterocycles. The van der Waals surface area contributed by atoms with Crippen LogP contribution in [-0.2, 0) is 28.6 Å². The van der Waals surface area contributed by atoms with E-state index < -0.39 is 11.9 Å². The van der Waals surface area contributed by atoms with Gasteiger partial charge in [0.15, 0.2) is 6.61 Å². The molecular weight excluding hydrogens is 785 g/mol. The molecule has 3 fully saturated rings. The summed E-state index contributed by atoms with van der Waals surface area (Å²) in [6.45, 7) is 23.0. The third kappa shape index (κ3) is 12.6. The predicted molar refractivity (Wildman–Crippen MR) is 242 cm³/mol. The first kappa shape index (κ1) is 50.3. The highest BCUT2D eigenvalue weighted by atomic mass is 16.7. The van der Waals surface area contributed by atoms with Gasteiger partial charge in [0.05, 0.1) is 24.5 Å². The third-order valence-electron chi connectivity index (χ3n) is 14.0. The Kier molecular flexibility index (Phi) is 18.5. The van der Waals surface area contributed by atoms with Crippen LogP contribution in [0.1, 0.15) is 144 Å². The molecule has 0 spiro atoms. The van der Waals surface area contributed by atoms with E-state index >= 15 is 0 Å². The van der Waals surface area contributed by atoms with Crippen molar-refractivity contribution in [3.05, 3.63) is 65.7 Å². The number of ether oxygens (including phenoxy) is 6. The number of methoxy groups -OCH3 is 1. The van der Waals surface area contributed by atoms with Crippen molar-refractivity contribution in [2.45, 2.75) is 140 Å². The fourth-order valence-corrected chi connectivity index (χ4v) is 10.9. The van der Waals surface area contributed by atoms with Crippen LogP contribution < -0.4 is 14.2 Å². The quantitative estimate of drug-likeness (QED) is 0.0596. The Hall–Kier alpha value is -4.34. The Labute approximate surface area is 372 Å². The zero-order valence-corrected chi connectivity index (χ0v) is 39.8. The Bertz CT molecular complexity index is 1800. The lowest BCUT2D eigenvalue weighted by Crippen LogP contribution is -2.51. The van der Waals surface area contributed by atoms with Crippen LogP contribution >= 0.6 is 0 Å². The molecule has 0 amide bonds. The summed E-state index contributed by atoms with van der Waals surface area (Å²) in [5.74, 6) is 4.51. The molecular formula is C52H76O10. The number of hydrogen-bond donors (Lipinski definition) is 0. The molecule has 0 heterocycles. The summed E-state index contributed by atoms with van der Waals surface area (Å²) >= 11 is 0. The molecule has 0 N–H and O–H groups in total. The van der Waals surface area contributed by atoms with E-state index in [1.165, 1.54) is 44.1 Å². The number of esters is 4. The van der Waals surface area contributed by atoms with Gasteiger partial charge < -0.3 is 28.4 Å². The van der Waals surface area contributed by atoms with Crippen LogP contribution in [-0.4, -0.2) is 50.5 Å². The van der Waals surface area contributed by atoms with Gasteiger partial charge in [-0.1, -0.05) is 87.8 Å². The van der Waals surface area contributed by atoms with E-state index in [1.54, 1.807) is 83.3 Å². The predicted octanol–water partition coefficient (Wildman–Crippen LogP) is 11.8. The zero-order chi connectivity index (χ0) is 45.8. The first-order valence-electron chi connectivity index (χ1n) is 23.3. The lowest BCUT2D eigenvalue weighted by atomic mass is 9.47. The number of benzene rings is 2. The maximum absolute atomic E-state index is 12.3. The van der Waals surface area contributed by atoms with Crippen molar-refractivity contribution in [2.24, 2.45) is 58.2 Å². The van der Waals surface area contributed by atoms with Gasteiger partial charge in [-0.3, -0.25) is 9.59 Å². The summed E-state index contributed by atoms with van der Waals surface area (Å²) in [6.07, 6.45) is 13.4. The van der Waals surface area contributed by atoms with Crippen molar-refractivity contribution in [3.63, 3.8) is 0 Å². The minimum atomic E-state index is -0.483. The lowest BCUT2D eigenvalue weighted by molar-refractivity contribution is -0.165. The summed E-state index contributed by atoms with van der Waals surface area (Å²) in [5, 5.41) is 0. The second-order valence-electron chi connectivity index (χ2n) is 19.2. The fraction of sp³-hybridized carbons (Fsp3) is 0.654. The Morgan fingerprint density at radius 1 is 0.726 bits per heavy atom. The van der Waals surface area contributed by atoms with Gasteiger partial charge in [0, 0.05) is 6.42 Å². The average Bonchev–Trinajstić information content (AvgIpc) is 3.61. The largest absolute Gasteiger partial charge is 0.497 e. The molecule has 2 aromatic carbocycles. The second-order valence-corrected chi connectivity index (χ2v) is 19.2. The minimum absolute atomic E-state index is 0.0854. The molecule has 6 rings (SSSR count). The summed E-state index contributed by atoms with van der Waals surface area (Å²) in [5.41, 5.74) is 2.66. The van der Waals surface area contributed by atoms with Crippen LogP contribution in [0.4, 0.5) is 0 Å². The summed E-state index contributed by atoms with van der Waals surface area (Å²) < 4.78 is 31.4. The van der Waals surface area contributed by atoms with E-state index in [4.69, 9.17) is 28.4 Å². The zero-order valence-electron chi connectivity index (χ0n) is 39.8. The van der Waals surface area contributed by atoms with Crippen LogP contribution in [0.15, 0.2) is 60.2 Å². The average molecular weight is 861 g/mol. The highest BCUT2D eigenvalue weighted by Crippen LogP contribution is 2.67. The smallest absolute Gasteiger partial charge is 0.344 e. The number of carbonyl (C=O) groups is 4. The maximum atomic E-state index is 12.3.